The van der Waals surface area contributed by atoms with Gasteiger partial charge < -0.3 is 9.31 Å². The molecule has 2 aliphatic rings. The van der Waals surface area contributed by atoms with Crippen LogP contribution in [0.15, 0.2) is 18.2 Å². The summed E-state index contributed by atoms with van der Waals surface area (Å²) in [5.41, 5.74) is 0.956. The van der Waals surface area contributed by atoms with Gasteiger partial charge in [0.1, 0.15) is 5.82 Å². The minimum Gasteiger partial charge on any atom is -0.399 e. The molecule has 2 saturated heterocycles. The highest BCUT2D eigenvalue weighted by Crippen LogP contribution is 2.36. The van der Waals surface area contributed by atoms with Gasteiger partial charge in [0.05, 0.1) is 11.2 Å². The normalized spacial score (nSPS) is 24.1. The predicted molar refractivity (Wildman–Crippen MR) is 86.6 cm³/mol. The minimum absolute atomic E-state index is 0.221. The van der Waals surface area contributed by atoms with Gasteiger partial charge in [-0.25, -0.2) is 4.39 Å². The van der Waals surface area contributed by atoms with Crippen LogP contribution in [0.3, 0.4) is 0 Å². The Bertz CT molecular complexity index is 540. The van der Waals surface area contributed by atoms with Crippen LogP contribution < -0.4 is 5.46 Å². The lowest BCUT2D eigenvalue weighted by Crippen LogP contribution is -2.41. The Labute approximate surface area is 132 Å². The number of benzene rings is 1. The first-order chi connectivity index (χ1) is 10.3. The highest BCUT2D eigenvalue weighted by Gasteiger charge is 2.51. The van der Waals surface area contributed by atoms with Crippen molar-refractivity contribution in [1.29, 1.82) is 0 Å². The van der Waals surface area contributed by atoms with Crippen molar-refractivity contribution in [2.75, 3.05) is 13.1 Å². The lowest BCUT2D eigenvalue weighted by Gasteiger charge is -2.32. The summed E-state index contributed by atoms with van der Waals surface area (Å²) < 4.78 is 26.1. The van der Waals surface area contributed by atoms with Gasteiger partial charge in [-0.15, -0.1) is 0 Å². The largest absolute Gasteiger partial charge is 0.494 e. The monoisotopic (exact) mass is 305 g/mol. The Kier molecular flexibility index (Phi) is 4.08. The Morgan fingerprint density at radius 3 is 2.23 bits per heavy atom. The highest BCUT2D eigenvalue weighted by atomic mass is 19.1. The zero-order valence-electron chi connectivity index (χ0n) is 14.0. The van der Waals surface area contributed by atoms with Gasteiger partial charge >= 0.3 is 7.12 Å². The molecule has 2 heterocycles. The average Bonchev–Trinajstić information content (AvgIpc) is 2.96. The fraction of sp³-hybridized carbons (Fsp3) is 0.647. The summed E-state index contributed by atoms with van der Waals surface area (Å²) in [7, 11) is -0.502. The SMILES string of the molecule is CC1(C)OB(c2cc(F)cc(CN3CCCC3)c2)OC1(C)C. The van der Waals surface area contributed by atoms with Crippen molar-refractivity contribution < 1.29 is 13.7 Å². The molecule has 22 heavy (non-hydrogen) atoms. The molecule has 0 N–H and O–H groups in total. The van der Waals surface area contributed by atoms with Crippen molar-refractivity contribution in [3.8, 4) is 0 Å². The van der Waals surface area contributed by atoms with E-state index in [4.69, 9.17) is 9.31 Å². The van der Waals surface area contributed by atoms with Crippen LogP contribution in [0, 0.1) is 5.82 Å². The molecule has 5 heteroatoms. The average molecular weight is 305 g/mol. The molecule has 0 aromatic heterocycles. The van der Waals surface area contributed by atoms with Crippen LogP contribution in [0.1, 0.15) is 46.1 Å². The quantitative estimate of drug-likeness (QED) is 0.802. The van der Waals surface area contributed by atoms with E-state index in [9.17, 15) is 4.39 Å². The van der Waals surface area contributed by atoms with Crippen LogP contribution in [-0.2, 0) is 15.9 Å². The second-order valence-electron chi connectivity index (χ2n) is 7.46. The van der Waals surface area contributed by atoms with Crippen LogP contribution in [0.4, 0.5) is 4.39 Å². The first kappa shape index (κ1) is 16.0. The maximum Gasteiger partial charge on any atom is 0.494 e. The van der Waals surface area contributed by atoms with Gasteiger partial charge in [0.2, 0.25) is 0 Å². The smallest absolute Gasteiger partial charge is 0.399 e. The maximum absolute atomic E-state index is 14.0. The predicted octanol–water partition coefficient (Wildman–Crippen LogP) is 2.72. The van der Waals surface area contributed by atoms with Crippen molar-refractivity contribution in [2.24, 2.45) is 0 Å². The summed E-state index contributed by atoms with van der Waals surface area (Å²) in [4.78, 5) is 2.36. The third-order valence-electron chi connectivity index (χ3n) is 5.11. The second kappa shape index (κ2) is 5.62. The van der Waals surface area contributed by atoms with Gasteiger partial charge in [0.15, 0.2) is 0 Å². The molecular weight excluding hydrogens is 280 g/mol. The van der Waals surface area contributed by atoms with Crippen molar-refractivity contribution >= 4 is 12.6 Å². The van der Waals surface area contributed by atoms with E-state index in [1.807, 2.05) is 33.8 Å². The summed E-state index contributed by atoms with van der Waals surface area (Å²) in [5, 5.41) is 0. The third kappa shape index (κ3) is 3.07. The van der Waals surface area contributed by atoms with E-state index in [1.165, 1.54) is 18.9 Å². The lowest BCUT2D eigenvalue weighted by molar-refractivity contribution is 0.00578. The number of rotatable bonds is 3. The summed E-state index contributed by atoms with van der Waals surface area (Å²) in [6.45, 7) is 11.0. The van der Waals surface area contributed by atoms with Crippen molar-refractivity contribution in [3.63, 3.8) is 0 Å². The molecule has 2 fully saturated rings. The van der Waals surface area contributed by atoms with Gasteiger partial charge in [-0.05, 0) is 76.8 Å². The van der Waals surface area contributed by atoms with E-state index in [0.717, 1.165) is 30.7 Å². The molecule has 3 nitrogen and oxygen atoms in total. The fourth-order valence-electron chi connectivity index (χ4n) is 3.08. The molecule has 0 radical (unpaired) electrons. The van der Waals surface area contributed by atoms with Crippen molar-refractivity contribution in [2.45, 2.75) is 58.3 Å². The van der Waals surface area contributed by atoms with E-state index >= 15 is 0 Å². The standard InChI is InChI=1S/C17H25BFNO2/c1-16(2)17(3,4)22-18(21-16)14-9-13(10-15(19)11-14)12-20-7-5-6-8-20/h9-11H,5-8,12H2,1-4H3. The van der Waals surface area contributed by atoms with Crippen LogP contribution in [-0.4, -0.2) is 36.3 Å². The molecule has 3 rings (SSSR count). The van der Waals surface area contributed by atoms with Crippen LogP contribution in [0.25, 0.3) is 0 Å². The molecule has 1 aromatic rings. The maximum atomic E-state index is 14.0. The lowest BCUT2D eigenvalue weighted by atomic mass is 9.78. The molecule has 120 valence electrons. The van der Waals surface area contributed by atoms with Crippen molar-refractivity contribution in [1.82, 2.24) is 4.90 Å². The van der Waals surface area contributed by atoms with Gasteiger partial charge in [-0.2, -0.15) is 0 Å². The van der Waals surface area contributed by atoms with Crippen molar-refractivity contribution in [3.05, 3.63) is 29.6 Å². The van der Waals surface area contributed by atoms with Gasteiger partial charge in [0, 0.05) is 6.54 Å². The van der Waals surface area contributed by atoms with Crippen LogP contribution in [0.2, 0.25) is 0 Å². The Morgan fingerprint density at radius 1 is 1.05 bits per heavy atom. The number of hydrogen-bond donors (Lipinski definition) is 0. The van der Waals surface area contributed by atoms with E-state index in [0.29, 0.717) is 0 Å². The molecule has 0 amide bonds. The van der Waals surface area contributed by atoms with Gasteiger partial charge in [0.25, 0.3) is 0 Å². The highest BCUT2D eigenvalue weighted by molar-refractivity contribution is 6.62. The van der Waals surface area contributed by atoms with Crippen LogP contribution in [0.5, 0.6) is 0 Å². The minimum atomic E-state index is -0.502. The molecule has 2 aliphatic heterocycles. The molecule has 1 aromatic carbocycles. The second-order valence-corrected chi connectivity index (χ2v) is 7.46. The molecule has 0 saturated carbocycles. The zero-order valence-corrected chi connectivity index (χ0v) is 14.0. The molecule has 0 aliphatic carbocycles. The molecule has 0 atom stereocenters. The van der Waals surface area contributed by atoms with Gasteiger partial charge in [-0.1, -0.05) is 6.07 Å². The Morgan fingerprint density at radius 2 is 1.64 bits per heavy atom. The first-order valence-corrected chi connectivity index (χ1v) is 8.14. The number of likely N-dealkylation sites (tertiary alicyclic amines) is 1. The zero-order chi connectivity index (χ0) is 16.0. The topological polar surface area (TPSA) is 21.7 Å². The summed E-state index contributed by atoms with van der Waals surface area (Å²) >= 11 is 0. The number of hydrogen-bond acceptors (Lipinski definition) is 3. The van der Waals surface area contributed by atoms with E-state index < -0.39 is 18.3 Å². The van der Waals surface area contributed by atoms with E-state index in [1.54, 1.807) is 6.07 Å². The Hall–Kier alpha value is -0.905. The van der Waals surface area contributed by atoms with Gasteiger partial charge in [-0.3, -0.25) is 4.90 Å². The molecule has 0 spiro atoms. The number of nitrogens with zero attached hydrogens (tertiary/aromatic N) is 1. The third-order valence-corrected chi connectivity index (χ3v) is 5.11. The van der Waals surface area contributed by atoms with Crippen LogP contribution >= 0.6 is 0 Å². The molecular formula is C17H25BFNO2. The summed E-state index contributed by atoms with van der Waals surface area (Å²) in [5.74, 6) is -0.221. The summed E-state index contributed by atoms with van der Waals surface area (Å²) in [6.07, 6.45) is 2.47. The molecule has 0 bridgehead atoms. The summed E-state index contributed by atoms with van der Waals surface area (Å²) in [6, 6.07) is 5.16. The first-order valence-electron chi connectivity index (χ1n) is 8.14. The van der Waals surface area contributed by atoms with E-state index in [-0.39, 0.29) is 5.82 Å². The fourth-order valence-corrected chi connectivity index (χ4v) is 3.08. The number of halogens is 1. The molecule has 0 unspecified atom stereocenters. The Balaban J connectivity index is 1.81. The van der Waals surface area contributed by atoms with E-state index in [2.05, 4.69) is 4.90 Å².